The molecule has 0 aromatic carbocycles. The van der Waals surface area contributed by atoms with Crippen molar-refractivity contribution in [2.45, 2.75) is 64.2 Å². The third kappa shape index (κ3) is 1.99. The maximum atomic E-state index is 12.9. The number of imide groups is 1. The topological polar surface area (TPSA) is 110 Å². The van der Waals surface area contributed by atoms with Gasteiger partial charge in [0.05, 0.1) is 23.0 Å². The smallest absolute Gasteiger partial charge is 0.320 e. The minimum absolute atomic E-state index is 0.139. The number of aliphatic carboxylic acids is 1. The SMILES string of the molecule is C[C@@]12C(=O)N(CCCC[C@H](N)C(=O)O)C(=O)[C@]1(C)[C@H]1CC[C@@H]2O1. The number of fused-ring (bicyclic) bond motifs is 5. The van der Waals surface area contributed by atoms with E-state index in [0.29, 0.717) is 25.8 Å². The molecule has 0 spiro atoms. The Morgan fingerprint density at radius 1 is 1.26 bits per heavy atom. The number of amides is 2. The number of carbonyl (C=O) groups excluding carboxylic acids is 2. The lowest BCUT2D eigenvalue weighted by Gasteiger charge is -2.36. The number of unbranched alkanes of at least 4 members (excludes halogenated alkanes) is 1. The highest BCUT2D eigenvalue weighted by atomic mass is 16.5. The van der Waals surface area contributed by atoms with E-state index in [0.717, 1.165) is 12.8 Å². The van der Waals surface area contributed by atoms with Gasteiger partial charge in [0.25, 0.3) is 0 Å². The largest absolute Gasteiger partial charge is 0.480 e. The van der Waals surface area contributed by atoms with Crippen molar-refractivity contribution in [3.05, 3.63) is 0 Å². The third-order valence-electron chi connectivity index (χ3n) is 6.23. The minimum Gasteiger partial charge on any atom is -0.480 e. The monoisotopic (exact) mass is 324 g/mol. The predicted octanol–water partition coefficient (Wildman–Crippen LogP) is 0.511. The number of hydrogen-bond donors (Lipinski definition) is 2. The van der Waals surface area contributed by atoms with Gasteiger partial charge in [0.2, 0.25) is 11.8 Å². The number of nitrogens with zero attached hydrogens (tertiary/aromatic N) is 1. The lowest BCUT2D eigenvalue weighted by molar-refractivity contribution is -0.145. The van der Waals surface area contributed by atoms with Gasteiger partial charge in [-0.25, -0.2) is 0 Å². The highest BCUT2D eigenvalue weighted by Crippen LogP contribution is 2.64. The van der Waals surface area contributed by atoms with Crippen molar-refractivity contribution < 1.29 is 24.2 Å². The highest BCUT2D eigenvalue weighted by molar-refractivity contribution is 6.10. The molecule has 0 radical (unpaired) electrons. The summed E-state index contributed by atoms with van der Waals surface area (Å²) in [6.07, 6.45) is 2.81. The van der Waals surface area contributed by atoms with Crippen molar-refractivity contribution in [1.29, 1.82) is 0 Å². The van der Waals surface area contributed by atoms with Gasteiger partial charge < -0.3 is 15.6 Å². The number of carboxylic acid groups (broad SMARTS) is 1. The molecule has 3 saturated heterocycles. The van der Waals surface area contributed by atoms with E-state index in [2.05, 4.69) is 0 Å². The van der Waals surface area contributed by atoms with Crippen molar-refractivity contribution in [3.63, 3.8) is 0 Å². The summed E-state index contributed by atoms with van der Waals surface area (Å²) in [7, 11) is 0. The van der Waals surface area contributed by atoms with Crippen molar-refractivity contribution >= 4 is 17.8 Å². The molecule has 3 aliphatic heterocycles. The van der Waals surface area contributed by atoms with Gasteiger partial charge in [0.1, 0.15) is 6.04 Å². The van der Waals surface area contributed by atoms with E-state index in [1.54, 1.807) is 0 Å². The van der Waals surface area contributed by atoms with Crippen LogP contribution in [0.3, 0.4) is 0 Å². The first-order valence-corrected chi connectivity index (χ1v) is 8.24. The summed E-state index contributed by atoms with van der Waals surface area (Å²) >= 11 is 0. The number of nitrogens with two attached hydrogens (primary N) is 1. The molecule has 2 bridgehead atoms. The van der Waals surface area contributed by atoms with Crippen LogP contribution in [0.1, 0.15) is 46.0 Å². The fourth-order valence-electron chi connectivity index (χ4n) is 4.49. The van der Waals surface area contributed by atoms with Gasteiger partial charge in [0, 0.05) is 6.54 Å². The van der Waals surface area contributed by atoms with Gasteiger partial charge in [-0.05, 0) is 46.0 Å². The van der Waals surface area contributed by atoms with Crippen LogP contribution in [-0.2, 0) is 19.1 Å². The van der Waals surface area contributed by atoms with Crippen LogP contribution in [0.25, 0.3) is 0 Å². The number of carbonyl (C=O) groups is 3. The van der Waals surface area contributed by atoms with E-state index in [4.69, 9.17) is 15.6 Å². The molecule has 5 atom stereocenters. The Labute approximate surface area is 135 Å². The van der Waals surface area contributed by atoms with Crippen LogP contribution in [0.2, 0.25) is 0 Å². The first-order chi connectivity index (χ1) is 10.7. The number of ether oxygens (including phenoxy) is 1. The summed E-state index contributed by atoms with van der Waals surface area (Å²) in [4.78, 5) is 37.8. The molecule has 3 aliphatic rings. The fraction of sp³-hybridized carbons (Fsp3) is 0.812. The molecule has 0 aliphatic carbocycles. The summed E-state index contributed by atoms with van der Waals surface area (Å²) < 4.78 is 5.87. The van der Waals surface area contributed by atoms with Gasteiger partial charge in [-0.3, -0.25) is 19.3 Å². The molecule has 23 heavy (non-hydrogen) atoms. The Bertz CT molecular complexity index is 531. The average Bonchev–Trinajstić information content (AvgIpc) is 3.12. The molecule has 0 aromatic rings. The summed E-state index contributed by atoms with van der Waals surface area (Å²) in [5, 5.41) is 8.76. The summed E-state index contributed by atoms with van der Waals surface area (Å²) in [5.41, 5.74) is 3.94. The molecule has 3 heterocycles. The van der Waals surface area contributed by atoms with Crippen molar-refractivity contribution in [1.82, 2.24) is 4.90 Å². The molecule has 0 saturated carbocycles. The molecule has 3 N–H and O–H groups in total. The molecule has 7 heteroatoms. The van der Waals surface area contributed by atoms with Crippen LogP contribution in [0.4, 0.5) is 0 Å². The molecule has 0 unspecified atom stereocenters. The van der Waals surface area contributed by atoms with Crippen molar-refractivity contribution in [2.24, 2.45) is 16.6 Å². The first-order valence-electron chi connectivity index (χ1n) is 8.24. The van der Waals surface area contributed by atoms with E-state index in [1.165, 1.54) is 4.90 Å². The number of hydrogen-bond acceptors (Lipinski definition) is 5. The van der Waals surface area contributed by atoms with E-state index >= 15 is 0 Å². The van der Waals surface area contributed by atoms with E-state index in [1.807, 2.05) is 13.8 Å². The number of rotatable bonds is 6. The van der Waals surface area contributed by atoms with Gasteiger partial charge >= 0.3 is 5.97 Å². The normalized spacial score (nSPS) is 39.9. The van der Waals surface area contributed by atoms with Crippen LogP contribution >= 0.6 is 0 Å². The lowest BCUT2D eigenvalue weighted by Crippen LogP contribution is -2.48. The predicted molar refractivity (Wildman–Crippen MR) is 80.3 cm³/mol. The molecular formula is C16H24N2O5. The lowest BCUT2D eigenvalue weighted by atomic mass is 9.59. The Morgan fingerprint density at radius 3 is 2.26 bits per heavy atom. The Morgan fingerprint density at radius 2 is 1.78 bits per heavy atom. The number of carboxylic acids is 1. The third-order valence-corrected chi connectivity index (χ3v) is 6.23. The zero-order valence-corrected chi connectivity index (χ0v) is 13.6. The van der Waals surface area contributed by atoms with Crippen LogP contribution in [0.15, 0.2) is 0 Å². The second-order valence-corrected chi connectivity index (χ2v) is 7.30. The minimum atomic E-state index is -1.03. The molecule has 7 nitrogen and oxygen atoms in total. The highest BCUT2D eigenvalue weighted by Gasteiger charge is 2.76. The molecule has 0 aromatic heterocycles. The Hall–Kier alpha value is -1.47. The van der Waals surface area contributed by atoms with Crippen LogP contribution in [0.5, 0.6) is 0 Å². The Kier molecular flexibility index (Phi) is 3.76. The molecule has 2 amide bonds. The first kappa shape index (κ1) is 16.4. The number of likely N-dealkylation sites (tertiary alicyclic amines) is 1. The fourth-order valence-corrected chi connectivity index (χ4v) is 4.49. The Balaban J connectivity index is 1.65. The van der Waals surface area contributed by atoms with Gasteiger partial charge in [0.15, 0.2) is 0 Å². The maximum Gasteiger partial charge on any atom is 0.320 e. The van der Waals surface area contributed by atoms with Crippen molar-refractivity contribution in [3.8, 4) is 0 Å². The zero-order chi connectivity index (χ0) is 17.0. The van der Waals surface area contributed by atoms with Gasteiger partial charge in [-0.1, -0.05) is 0 Å². The maximum absolute atomic E-state index is 12.9. The summed E-state index contributed by atoms with van der Waals surface area (Å²) in [6.45, 7) is 4.05. The van der Waals surface area contributed by atoms with Crippen LogP contribution in [-0.4, -0.2) is 52.6 Å². The zero-order valence-electron chi connectivity index (χ0n) is 13.6. The summed E-state index contributed by atoms with van der Waals surface area (Å²) in [5.74, 6) is -1.30. The summed E-state index contributed by atoms with van der Waals surface area (Å²) in [6, 6.07) is -0.890. The standard InChI is InChI=1S/C16H24N2O5/c1-15-10-6-7-11(23-10)16(15,2)14(22)18(13(15)21)8-4-3-5-9(17)12(19)20/h9-11H,3-8,17H2,1-2H3,(H,19,20)/t9-,10-,11+,15+,16-/m0/s1. The second-order valence-electron chi connectivity index (χ2n) is 7.30. The van der Waals surface area contributed by atoms with E-state index in [-0.39, 0.29) is 24.0 Å². The molecule has 3 fully saturated rings. The molecule has 128 valence electrons. The van der Waals surface area contributed by atoms with Crippen molar-refractivity contribution in [2.75, 3.05) is 6.54 Å². The van der Waals surface area contributed by atoms with Crippen LogP contribution in [0, 0.1) is 10.8 Å². The van der Waals surface area contributed by atoms with E-state index in [9.17, 15) is 14.4 Å². The van der Waals surface area contributed by atoms with E-state index < -0.39 is 22.8 Å². The van der Waals surface area contributed by atoms with Gasteiger partial charge in [-0.15, -0.1) is 0 Å². The quantitative estimate of drug-likeness (QED) is 0.544. The molecular weight excluding hydrogens is 300 g/mol. The van der Waals surface area contributed by atoms with Crippen LogP contribution < -0.4 is 5.73 Å². The van der Waals surface area contributed by atoms with Gasteiger partial charge in [-0.2, -0.15) is 0 Å². The molecule has 3 rings (SSSR count). The average molecular weight is 324 g/mol. The second kappa shape index (κ2) is 5.27.